The smallest absolute Gasteiger partial charge is 0.410 e. The van der Waals surface area contributed by atoms with Gasteiger partial charge in [0, 0.05) is 6.54 Å². The molecule has 2 fully saturated rings. The Kier molecular flexibility index (Phi) is 9.38. The van der Waals surface area contributed by atoms with Crippen LogP contribution in [-0.2, 0) is 22.6 Å². The summed E-state index contributed by atoms with van der Waals surface area (Å²) in [6.07, 6.45) is 1.46. The molecule has 9 heteroatoms. The number of benzene rings is 2. The zero-order valence-electron chi connectivity index (χ0n) is 21.3. The molecule has 37 heavy (non-hydrogen) atoms. The minimum Gasteiger partial charge on any atom is -0.447 e. The third kappa shape index (κ3) is 7.21. The average Bonchev–Trinajstić information content (AvgIpc) is 2.95. The molecule has 0 radical (unpaired) electrons. The first-order chi connectivity index (χ1) is 18.0. The number of carbonyl (C=O) groups excluding carboxylic acids is 2. The first-order valence-electron chi connectivity index (χ1n) is 13.0. The van der Waals surface area contributed by atoms with Gasteiger partial charge in [-0.05, 0) is 63.0 Å². The van der Waals surface area contributed by atoms with Crippen LogP contribution >= 0.6 is 0 Å². The Morgan fingerprint density at radius 1 is 0.838 bits per heavy atom. The van der Waals surface area contributed by atoms with Gasteiger partial charge in [0.25, 0.3) is 0 Å². The number of rotatable bonds is 9. The Bertz CT molecular complexity index is 992. The SMILES string of the molecule is O=C(NC1(CO)CCNCC1)OCC1(N(Cc2ccccc2)C(=O)OCc2ccccc2)CCNCC1. The lowest BCUT2D eigenvalue weighted by atomic mass is 9.86. The molecule has 0 atom stereocenters. The number of nitrogens with zero attached hydrogens (tertiary/aromatic N) is 1. The van der Waals surface area contributed by atoms with E-state index in [1.165, 1.54) is 0 Å². The van der Waals surface area contributed by atoms with E-state index in [0.29, 0.717) is 58.4 Å². The molecule has 0 saturated carbocycles. The van der Waals surface area contributed by atoms with Gasteiger partial charge < -0.3 is 30.5 Å². The molecule has 4 rings (SSSR count). The topological polar surface area (TPSA) is 112 Å². The van der Waals surface area contributed by atoms with Crippen molar-refractivity contribution in [3.8, 4) is 0 Å². The Morgan fingerprint density at radius 3 is 2.00 bits per heavy atom. The monoisotopic (exact) mass is 510 g/mol. The summed E-state index contributed by atoms with van der Waals surface area (Å²) in [7, 11) is 0. The molecular formula is C28H38N4O5. The number of carbonyl (C=O) groups is 2. The number of piperidine rings is 2. The Labute approximate surface area is 218 Å². The van der Waals surface area contributed by atoms with Crippen molar-refractivity contribution in [3.05, 3.63) is 71.8 Å². The van der Waals surface area contributed by atoms with E-state index in [1.807, 2.05) is 60.7 Å². The number of hydrogen-bond donors (Lipinski definition) is 4. The van der Waals surface area contributed by atoms with Gasteiger partial charge in [0.05, 0.1) is 17.7 Å². The Morgan fingerprint density at radius 2 is 1.41 bits per heavy atom. The first kappa shape index (κ1) is 26.9. The summed E-state index contributed by atoms with van der Waals surface area (Å²) in [5, 5.41) is 19.5. The van der Waals surface area contributed by atoms with E-state index in [2.05, 4.69) is 16.0 Å². The van der Waals surface area contributed by atoms with E-state index < -0.39 is 23.3 Å². The molecule has 200 valence electrons. The van der Waals surface area contributed by atoms with Gasteiger partial charge in [-0.1, -0.05) is 60.7 Å². The lowest BCUT2D eigenvalue weighted by molar-refractivity contribution is -0.0147. The van der Waals surface area contributed by atoms with Crippen LogP contribution in [0.3, 0.4) is 0 Å². The van der Waals surface area contributed by atoms with Crippen molar-refractivity contribution >= 4 is 12.2 Å². The molecule has 0 bridgehead atoms. The predicted octanol–water partition coefficient (Wildman–Crippen LogP) is 2.79. The maximum atomic E-state index is 13.6. The molecule has 2 aliphatic rings. The van der Waals surface area contributed by atoms with Crippen LogP contribution < -0.4 is 16.0 Å². The summed E-state index contributed by atoms with van der Waals surface area (Å²) in [5.41, 5.74) is 0.450. The molecule has 2 aromatic rings. The Hall–Kier alpha value is -3.14. The summed E-state index contributed by atoms with van der Waals surface area (Å²) in [6.45, 7) is 3.20. The number of nitrogens with one attached hydrogen (secondary N) is 3. The van der Waals surface area contributed by atoms with Crippen LogP contribution in [0.25, 0.3) is 0 Å². The molecular weight excluding hydrogens is 472 g/mol. The van der Waals surface area contributed by atoms with Crippen LogP contribution in [0.15, 0.2) is 60.7 Å². The fourth-order valence-electron chi connectivity index (χ4n) is 5.05. The maximum absolute atomic E-state index is 13.6. The van der Waals surface area contributed by atoms with Crippen LogP contribution in [-0.4, -0.2) is 72.7 Å². The summed E-state index contributed by atoms with van der Waals surface area (Å²) in [4.78, 5) is 28.2. The number of aliphatic hydroxyl groups is 1. The second-order valence-electron chi connectivity index (χ2n) is 9.98. The van der Waals surface area contributed by atoms with E-state index in [1.54, 1.807) is 4.90 Å². The summed E-state index contributed by atoms with van der Waals surface area (Å²) < 4.78 is 11.6. The van der Waals surface area contributed by atoms with Crippen molar-refractivity contribution in [3.63, 3.8) is 0 Å². The van der Waals surface area contributed by atoms with Crippen LogP contribution in [0.5, 0.6) is 0 Å². The van der Waals surface area contributed by atoms with Crippen LogP contribution in [0.2, 0.25) is 0 Å². The van der Waals surface area contributed by atoms with Crippen molar-refractivity contribution in [1.29, 1.82) is 0 Å². The quantitative estimate of drug-likeness (QED) is 0.410. The second kappa shape index (κ2) is 12.9. The van der Waals surface area contributed by atoms with Crippen LogP contribution in [0.4, 0.5) is 9.59 Å². The van der Waals surface area contributed by atoms with Crippen molar-refractivity contribution in [2.24, 2.45) is 0 Å². The third-order valence-electron chi connectivity index (χ3n) is 7.42. The minimum atomic E-state index is -0.729. The lowest BCUT2D eigenvalue weighted by Crippen LogP contribution is -2.61. The van der Waals surface area contributed by atoms with Gasteiger partial charge in [-0.2, -0.15) is 0 Å². The van der Waals surface area contributed by atoms with Crippen molar-refractivity contribution in [2.45, 2.75) is 49.9 Å². The number of alkyl carbamates (subject to hydrolysis) is 1. The van der Waals surface area contributed by atoms with Crippen LogP contribution in [0.1, 0.15) is 36.8 Å². The average molecular weight is 511 g/mol. The molecule has 0 aromatic heterocycles. The van der Waals surface area contributed by atoms with Gasteiger partial charge in [-0.25, -0.2) is 9.59 Å². The van der Waals surface area contributed by atoms with E-state index in [9.17, 15) is 14.7 Å². The molecule has 2 saturated heterocycles. The molecule has 4 N–H and O–H groups in total. The largest absolute Gasteiger partial charge is 0.447 e. The molecule has 2 aliphatic heterocycles. The third-order valence-corrected chi connectivity index (χ3v) is 7.42. The Balaban J connectivity index is 1.51. The zero-order valence-corrected chi connectivity index (χ0v) is 21.3. The van der Waals surface area contributed by atoms with Gasteiger partial charge in [-0.15, -0.1) is 0 Å². The highest BCUT2D eigenvalue weighted by molar-refractivity contribution is 5.70. The van der Waals surface area contributed by atoms with Crippen LogP contribution in [0, 0.1) is 0 Å². The number of ether oxygens (including phenoxy) is 2. The number of aliphatic hydroxyl groups excluding tert-OH is 1. The number of hydrogen-bond acceptors (Lipinski definition) is 7. The molecule has 2 aromatic carbocycles. The molecule has 0 spiro atoms. The van der Waals surface area contributed by atoms with Crippen molar-refractivity contribution in [1.82, 2.24) is 20.9 Å². The minimum absolute atomic E-state index is 0.0353. The second-order valence-corrected chi connectivity index (χ2v) is 9.98. The van der Waals surface area contributed by atoms with Crippen molar-refractivity contribution < 1.29 is 24.2 Å². The fraction of sp³-hybridized carbons (Fsp3) is 0.500. The first-order valence-corrected chi connectivity index (χ1v) is 13.0. The zero-order chi connectivity index (χ0) is 26.0. The van der Waals surface area contributed by atoms with Gasteiger partial charge in [-0.3, -0.25) is 4.90 Å². The summed E-state index contributed by atoms with van der Waals surface area (Å²) in [5.74, 6) is 0. The van der Waals surface area contributed by atoms with Gasteiger partial charge in [0.1, 0.15) is 13.2 Å². The highest BCUT2D eigenvalue weighted by atomic mass is 16.6. The molecule has 9 nitrogen and oxygen atoms in total. The molecule has 0 unspecified atom stereocenters. The summed E-state index contributed by atoms with van der Waals surface area (Å²) in [6, 6.07) is 19.3. The highest BCUT2D eigenvalue weighted by Gasteiger charge is 2.43. The molecule has 2 heterocycles. The van der Waals surface area contributed by atoms with Gasteiger partial charge in [0.15, 0.2) is 0 Å². The van der Waals surface area contributed by atoms with Gasteiger partial charge in [0.2, 0.25) is 0 Å². The molecule has 2 amide bonds. The van der Waals surface area contributed by atoms with E-state index in [-0.39, 0.29) is 19.8 Å². The highest BCUT2D eigenvalue weighted by Crippen LogP contribution is 2.30. The lowest BCUT2D eigenvalue weighted by Gasteiger charge is -2.45. The predicted molar refractivity (Wildman–Crippen MR) is 140 cm³/mol. The van der Waals surface area contributed by atoms with E-state index in [4.69, 9.17) is 9.47 Å². The van der Waals surface area contributed by atoms with E-state index >= 15 is 0 Å². The standard InChI is InChI=1S/C28H38N4O5/c33-21-27(11-15-29-16-12-27)31-25(34)37-22-28(13-17-30-18-14-28)32(19-23-7-3-1-4-8-23)26(35)36-20-24-9-5-2-6-10-24/h1-10,29-30,33H,11-22H2,(H,31,34). The normalized spacial score (nSPS) is 18.4. The van der Waals surface area contributed by atoms with E-state index in [0.717, 1.165) is 11.1 Å². The fourth-order valence-corrected chi connectivity index (χ4v) is 5.05. The summed E-state index contributed by atoms with van der Waals surface area (Å²) >= 11 is 0. The number of amides is 2. The van der Waals surface area contributed by atoms with Gasteiger partial charge >= 0.3 is 12.2 Å². The van der Waals surface area contributed by atoms with Crippen molar-refractivity contribution in [2.75, 3.05) is 39.4 Å². The maximum Gasteiger partial charge on any atom is 0.410 e. The molecule has 0 aliphatic carbocycles.